The number of hydrogen-bond donors (Lipinski definition) is 1. The van der Waals surface area contributed by atoms with Crippen LogP contribution in [0.15, 0.2) is 46.3 Å². The van der Waals surface area contributed by atoms with Gasteiger partial charge >= 0.3 is 0 Å². The summed E-state index contributed by atoms with van der Waals surface area (Å²) in [4.78, 5) is 13.6. The fourth-order valence-electron chi connectivity index (χ4n) is 3.89. The number of hydrogen-bond acceptors (Lipinski definition) is 4. The average molecular weight is 469 g/mol. The Morgan fingerprint density at radius 1 is 0.971 bits per heavy atom. The molecule has 188 valence electrons. The summed E-state index contributed by atoms with van der Waals surface area (Å²) < 4.78 is 14.1. The minimum atomic E-state index is -0.147. The van der Waals surface area contributed by atoms with Crippen LogP contribution in [0.5, 0.6) is 11.5 Å². The number of benzene rings is 1. The lowest BCUT2D eigenvalue weighted by atomic mass is 10.1. The van der Waals surface area contributed by atoms with Crippen LogP contribution in [0.25, 0.3) is 10.9 Å². The van der Waals surface area contributed by atoms with Gasteiger partial charge in [0.15, 0.2) is 5.75 Å². The molecular formula is C29H44N2O3. The molecule has 5 heteroatoms. The maximum Gasteiger partial charge on any atom is 0.297 e. The van der Waals surface area contributed by atoms with Crippen LogP contribution in [-0.2, 0) is 6.54 Å². The Balaban J connectivity index is 2.39. The zero-order valence-electron chi connectivity index (χ0n) is 21.9. The monoisotopic (exact) mass is 468 g/mol. The van der Waals surface area contributed by atoms with Gasteiger partial charge in [-0.3, -0.25) is 4.79 Å². The summed E-state index contributed by atoms with van der Waals surface area (Å²) in [6.07, 6.45) is 12.6. The number of fused-ring (bicyclic) bond motifs is 1. The number of aryl methyl sites for hydroxylation is 1. The molecule has 0 amide bonds. The number of pyridine rings is 1. The van der Waals surface area contributed by atoms with E-state index in [2.05, 4.69) is 46.8 Å². The maximum absolute atomic E-state index is 13.6. The van der Waals surface area contributed by atoms with E-state index >= 15 is 0 Å². The van der Waals surface area contributed by atoms with Crippen molar-refractivity contribution >= 4 is 16.6 Å². The Bertz CT molecular complexity index is 1030. The first-order valence-corrected chi connectivity index (χ1v) is 12.9. The molecule has 1 aromatic carbocycles. The second-order valence-corrected chi connectivity index (χ2v) is 9.34. The second-order valence-electron chi connectivity index (χ2n) is 9.34. The van der Waals surface area contributed by atoms with Crippen molar-refractivity contribution in [2.45, 2.75) is 92.5 Å². The predicted octanol–water partition coefficient (Wildman–Crippen LogP) is 7.41. The molecule has 2 aromatic rings. The Kier molecular flexibility index (Phi) is 11.8. The zero-order valence-corrected chi connectivity index (χ0v) is 21.9. The van der Waals surface area contributed by atoms with Crippen molar-refractivity contribution in [2.24, 2.45) is 0 Å². The Morgan fingerprint density at radius 2 is 1.74 bits per heavy atom. The van der Waals surface area contributed by atoms with Gasteiger partial charge < -0.3 is 19.8 Å². The van der Waals surface area contributed by atoms with Crippen LogP contribution in [0.2, 0.25) is 0 Å². The van der Waals surface area contributed by atoms with Crippen LogP contribution in [0.3, 0.4) is 0 Å². The van der Waals surface area contributed by atoms with Crippen LogP contribution in [0, 0.1) is 0 Å². The molecule has 0 aliphatic rings. The molecule has 0 aliphatic carbocycles. The fourth-order valence-corrected chi connectivity index (χ4v) is 3.89. The molecule has 34 heavy (non-hydrogen) atoms. The van der Waals surface area contributed by atoms with Crippen molar-refractivity contribution in [1.29, 1.82) is 0 Å². The Morgan fingerprint density at radius 3 is 2.44 bits per heavy atom. The summed E-state index contributed by atoms with van der Waals surface area (Å²) >= 11 is 0. The van der Waals surface area contributed by atoms with Crippen LogP contribution in [0.4, 0.5) is 5.69 Å². The van der Waals surface area contributed by atoms with Crippen LogP contribution in [-0.4, -0.2) is 17.8 Å². The lowest BCUT2D eigenvalue weighted by molar-refractivity contribution is 0.275. The molecule has 0 aliphatic heterocycles. The third-order valence-electron chi connectivity index (χ3n) is 5.93. The molecule has 1 aromatic heterocycles. The first-order chi connectivity index (χ1) is 16.4. The number of nitrogens with zero attached hydrogens (tertiary/aromatic N) is 1. The van der Waals surface area contributed by atoms with E-state index in [-0.39, 0.29) is 5.56 Å². The van der Waals surface area contributed by atoms with Gasteiger partial charge in [-0.1, -0.05) is 56.8 Å². The van der Waals surface area contributed by atoms with E-state index in [9.17, 15) is 4.79 Å². The van der Waals surface area contributed by atoms with Gasteiger partial charge in [-0.25, -0.2) is 0 Å². The number of nitrogens with two attached hydrogens (primary N) is 1. The number of ether oxygens (including phenoxy) is 2. The van der Waals surface area contributed by atoms with Crippen LogP contribution >= 0.6 is 0 Å². The normalized spacial score (nSPS) is 11.6. The van der Waals surface area contributed by atoms with E-state index in [1.54, 1.807) is 4.57 Å². The molecule has 1 heterocycles. The molecule has 0 fully saturated rings. The molecule has 0 bridgehead atoms. The minimum absolute atomic E-state index is 0.147. The summed E-state index contributed by atoms with van der Waals surface area (Å²) in [5, 5.41) is 0.875. The van der Waals surface area contributed by atoms with Gasteiger partial charge in [0.1, 0.15) is 6.61 Å². The first kappa shape index (κ1) is 27.6. The molecule has 0 atom stereocenters. The zero-order chi connectivity index (χ0) is 24.9. The SMILES string of the molecule is CCCCCCOc1c(OC/C=C(\C)CCC=C(C)C)c(=O)n(CCCC)c2cc(N)ccc12. The van der Waals surface area contributed by atoms with E-state index in [0.717, 1.165) is 49.4 Å². The molecule has 0 spiro atoms. The highest BCUT2D eigenvalue weighted by Crippen LogP contribution is 2.34. The number of allylic oxidation sites excluding steroid dienone is 3. The molecule has 0 saturated heterocycles. The van der Waals surface area contributed by atoms with Gasteiger partial charge in [-0.15, -0.1) is 0 Å². The van der Waals surface area contributed by atoms with Crippen LogP contribution < -0.4 is 20.8 Å². The quantitative estimate of drug-likeness (QED) is 0.168. The molecule has 0 unspecified atom stereocenters. The lowest BCUT2D eigenvalue weighted by Gasteiger charge is -2.19. The van der Waals surface area contributed by atoms with E-state index in [0.29, 0.717) is 36.9 Å². The van der Waals surface area contributed by atoms with Crippen molar-refractivity contribution in [3.8, 4) is 11.5 Å². The summed E-state index contributed by atoms with van der Waals surface area (Å²) in [5.74, 6) is 0.844. The molecule has 0 radical (unpaired) electrons. The number of aromatic nitrogens is 1. The van der Waals surface area contributed by atoms with Crippen molar-refractivity contribution in [3.05, 3.63) is 51.9 Å². The third kappa shape index (κ3) is 8.27. The summed E-state index contributed by atoms with van der Waals surface area (Å²) in [7, 11) is 0. The number of anilines is 1. The second kappa shape index (κ2) is 14.5. The molecule has 2 rings (SSSR count). The van der Waals surface area contributed by atoms with E-state index < -0.39 is 0 Å². The number of rotatable bonds is 15. The van der Waals surface area contributed by atoms with E-state index in [1.807, 2.05) is 18.2 Å². The van der Waals surface area contributed by atoms with Gasteiger partial charge in [0.05, 0.1) is 12.1 Å². The van der Waals surface area contributed by atoms with Gasteiger partial charge in [-0.2, -0.15) is 0 Å². The maximum atomic E-state index is 13.6. The molecule has 0 saturated carbocycles. The summed E-state index contributed by atoms with van der Waals surface area (Å²) in [6.45, 7) is 12.2. The lowest BCUT2D eigenvalue weighted by Crippen LogP contribution is -2.24. The number of nitrogen functional groups attached to an aromatic ring is 1. The van der Waals surface area contributed by atoms with E-state index in [1.165, 1.54) is 24.0 Å². The Labute approximate surface area is 205 Å². The molecular weight excluding hydrogens is 424 g/mol. The topological polar surface area (TPSA) is 66.5 Å². The summed E-state index contributed by atoms with van der Waals surface area (Å²) in [6, 6.07) is 5.67. The smallest absolute Gasteiger partial charge is 0.297 e. The summed E-state index contributed by atoms with van der Waals surface area (Å²) in [5.41, 5.74) is 9.96. The highest BCUT2D eigenvalue weighted by molar-refractivity contribution is 5.90. The molecule has 2 N–H and O–H groups in total. The minimum Gasteiger partial charge on any atom is -0.489 e. The van der Waals surface area contributed by atoms with Gasteiger partial charge in [-0.05, 0) is 70.7 Å². The highest BCUT2D eigenvalue weighted by Gasteiger charge is 2.20. The van der Waals surface area contributed by atoms with Crippen molar-refractivity contribution < 1.29 is 9.47 Å². The van der Waals surface area contributed by atoms with Crippen LogP contribution in [0.1, 0.15) is 86.0 Å². The third-order valence-corrected chi connectivity index (χ3v) is 5.93. The Hall–Kier alpha value is -2.69. The predicted molar refractivity (Wildman–Crippen MR) is 145 cm³/mol. The van der Waals surface area contributed by atoms with Crippen molar-refractivity contribution in [2.75, 3.05) is 18.9 Å². The van der Waals surface area contributed by atoms with E-state index in [4.69, 9.17) is 15.2 Å². The largest absolute Gasteiger partial charge is 0.489 e. The van der Waals surface area contributed by atoms with Crippen molar-refractivity contribution in [1.82, 2.24) is 4.57 Å². The number of unbranched alkanes of at least 4 members (excludes halogenated alkanes) is 4. The first-order valence-electron chi connectivity index (χ1n) is 12.9. The fraction of sp³-hybridized carbons (Fsp3) is 0.552. The average Bonchev–Trinajstić information content (AvgIpc) is 2.79. The highest BCUT2D eigenvalue weighted by atomic mass is 16.5. The molecule has 5 nitrogen and oxygen atoms in total. The standard InChI is InChI=1S/C29H44N2O3/c1-6-8-10-11-19-33-27-25-16-15-24(30)21-26(25)31(18-9-7-2)29(32)28(27)34-20-17-23(5)14-12-13-22(3)4/h13,15-17,21H,6-12,14,18-20,30H2,1-5H3/b23-17+. The van der Waals surface area contributed by atoms with Gasteiger partial charge in [0.25, 0.3) is 5.56 Å². The van der Waals surface area contributed by atoms with Gasteiger partial charge in [0, 0.05) is 17.6 Å². The van der Waals surface area contributed by atoms with Crippen molar-refractivity contribution in [3.63, 3.8) is 0 Å². The van der Waals surface area contributed by atoms with Gasteiger partial charge in [0.2, 0.25) is 5.75 Å².